The average Bonchev–Trinajstić information content (AvgIpc) is 2.12. The van der Waals surface area contributed by atoms with Gasteiger partial charge in [-0.25, -0.2) is 0 Å². The van der Waals surface area contributed by atoms with Crippen molar-refractivity contribution in [2.24, 2.45) is 0 Å². The highest BCUT2D eigenvalue weighted by Crippen LogP contribution is 1.98. The molecule has 0 saturated heterocycles. The monoisotopic (exact) mass is 182 g/mol. The number of hydrogen-bond acceptors (Lipinski definition) is 2. The minimum atomic E-state index is 0.570. The molecule has 0 aliphatic rings. The van der Waals surface area contributed by atoms with Gasteiger partial charge in [0.05, 0.1) is 6.54 Å². The van der Waals surface area contributed by atoms with Crippen LogP contribution in [0.1, 0.15) is 26.7 Å². The Hall–Kier alpha value is -0.520. The molecule has 13 heavy (non-hydrogen) atoms. The van der Waals surface area contributed by atoms with Gasteiger partial charge >= 0.3 is 0 Å². The molecule has 0 saturated carbocycles. The van der Waals surface area contributed by atoms with Gasteiger partial charge in [0.25, 0.3) is 0 Å². The molecule has 0 aromatic carbocycles. The lowest BCUT2D eigenvalue weighted by atomic mass is 10.2. The average molecular weight is 182 g/mol. The van der Waals surface area contributed by atoms with Crippen LogP contribution in [0.5, 0.6) is 0 Å². The van der Waals surface area contributed by atoms with Crippen molar-refractivity contribution in [1.82, 2.24) is 10.2 Å². The standard InChI is InChI=1S/C11H22N2/c1-5-8-12-9-7-11(3)13(4)10-6-2/h2,11-12H,5,7-10H2,1,3-4H3. The van der Waals surface area contributed by atoms with Crippen LogP contribution >= 0.6 is 0 Å². The summed E-state index contributed by atoms with van der Waals surface area (Å²) in [6, 6.07) is 0.570. The van der Waals surface area contributed by atoms with Gasteiger partial charge < -0.3 is 5.32 Å². The van der Waals surface area contributed by atoms with Crippen molar-refractivity contribution < 1.29 is 0 Å². The zero-order chi connectivity index (χ0) is 10.1. The van der Waals surface area contributed by atoms with E-state index < -0.39 is 0 Å². The van der Waals surface area contributed by atoms with Gasteiger partial charge in [-0.3, -0.25) is 4.90 Å². The maximum Gasteiger partial charge on any atom is 0.0598 e. The van der Waals surface area contributed by atoms with Crippen LogP contribution in [-0.2, 0) is 0 Å². The summed E-state index contributed by atoms with van der Waals surface area (Å²) in [5.41, 5.74) is 0. The highest BCUT2D eigenvalue weighted by Gasteiger charge is 2.06. The molecule has 1 atom stereocenters. The molecule has 0 aliphatic heterocycles. The summed E-state index contributed by atoms with van der Waals surface area (Å²) in [5, 5.41) is 3.38. The number of nitrogens with zero attached hydrogens (tertiary/aromatic N) is 1. The summed E-state index contributed by atoms with van der Waals surface area (Å²) in [6.07, 6.45) is 7.60. The Labute approximate surface area is 82.7 Å². The molecule has 0 spiro atoms. The number of hydrogen-bond donors (Lipinski definition) is 1. The maximum atomic E-state index is 5.24. The van der Waals surface area contributed by atoms with Crippen LogP contribution in [0.2, 0.25) is 0 Å². The predicted molar refractivity (Wildman–Crippen MR) is 58.7 cm³/mol. The van der Waals surface area contributed by atoms with Crippen molar-refractivity contribution in [3.63, 3.8) is 0 Å². The van der Waals surface area contributed by atoms with Gasteiger partial charge in [-0.2, -0.15) is 0 Å². The van der Waals surface area contributed by atoms with Crippen LogP contribution in [0, 0.1) is 12.3 Å². The summed E-state index contributed by atoms with van der Waals surface area (Å²) in [5.74, 6) is 2.66. The molecule has 0 fully saturated rings. The lowest BCUT2D eigenvalue weighted by molar-refractivity contribution is 0.273. The first-order valence-electron chi connectivity index (χ1n) is 5.06. The Morgan fingerprint density at radius 2 is 2.15 bits per heavy atom. The molecular weight excluding hydrogens is 160 g/mol. The van der Waals surface area contributed by atoms with Crippen molar-refractivity contribution in [3.8, 4) is 12.3 Å². The summed E-state index contributed by atoms with van der Waals surface area (Å²) in [6.45, 7) is 7.34. The van der Waals surface area contributed by atoms with E-state index in [4.69, 9.17) is 6.42 Å². The molecule has 2 heteroatoms. The molecule has 0 rings (SSSR count). The van der Waals surface area contributed by atoms with E-state index in [1.807, 2.05) is 0 Å². The molecule has 1 unspecified atom stereocenters. The van der Waals surface area contributed by atoms with Crippen LogP contribution in [0.4, 0.5) is 0 Å². The van der Waals surface area contributed by atoms with Gasteiger partial charge in [0.15, 0.2) is 0 Å². The molecule has 2 nitrogen and oxygen atoms in total. The topological polar surface area (TPSA) is 15.3 Å². The fraction of sp³-hybridized carbons (Fsp3) is 0.818. The second-order valence-electron chi connectivity index (χ2n) is 3.51. The van der Waals surface area contributed by atoms with Gasteiger partial charge in [0.1, 0.15) is 0 Å². The van der Waals surface area contributed by atoms with Crippen LogP contribution in [0.25, 0.3) is 0 Å². The lowest BCUT2D eigenvalue weighted by Gasteiger charge is -2.22. The van der Waals surface area contributed by atoms with E-state index in [1.165, 1.54) is 6.42 Å². The van der Waals surface area contributed by atoms with Crippen molar-refractivity contribution in [3.05, 3.63) is 0 Å². The number of nitrogens with one attached hydrogen (secondary N) is 1. The highest BCUT2D eigenvalue weighted by molar-refractivity contribution is 4.88. The third kappa shape index (κ3) is 6.62. The maximum absolute atomic E-state index is 5.24. The van der Waals surface area contributed by atoms with Crippen molar-refractivity contribution in [2.75, 3.05) is 26.7 Å². The van der Waals surface area contributed by atoms with Crippen molar-refractivity contribution in [2.45, 2.75) is 32.7 Å². The first-order chi connectivity index (χ1) is 6.22. The molecule has 76 valence electrons. The highest BCUT2D eigenvalue weighted by atomic mass is 15.1. The smallest absolute Gasteiger partial charge is 0.0598 e. The quantitative estimate of drug-likeness (QED) is 0.472. The summed E-state index contributed by atoms with van der Waals surface area (Å²) < 4.78 is 0. The Kier molecular flexibility index (Phi) is 7.77. The predicted octanol–water partition coefficient (Wildman–Crippen LogP) is 1.33. The number of rotatable bonds is 7. The SMILES string of the molecule is C#CCN(C)C(C)CCNCCC. The first kappa shape index (κ1) is 12.5. The summed E-state index contributed by atoms with van der Waals surface area (Å²) in [7, 11) is 2.07. The van der Waals surface area contributed by atoms with Crippen LogP contribution < -0.4 is 5.32 Å². The molecule has 0 heterocycles. The molecule has 0 radical (unpaired) electrons. The van der Waals surface area contributed by atoms with Gasteiger partial charge in [-0.15, -0.1) is 6.42 Å². The normalized spacial score (nSPS) is 12.8. The van der Waals surface area contributed by atoms with Crippen molar-refractivity contribution in [1.29, 1.82) is 0 Å². The van der Waals surface area contributed by atoms with E-state index >= 15 is 0 Å². The Morgan fingerprint density at radius 1 is 1.46 bits per heavy atom. The van der Waals surface area contributed by atoms with Gasteiger partial charge in [-0.1, -0.05) is 12.8 Å². The molecular formula is C11H22N2. The fourth-order valence-corrected chi connectivity index (χ4v) is 1.13. The largest absolute Gasteiger partial charge is 0.317 e. The molecule has 0 aromatic heterocycles. The molecule has 0 aromatic rings. The minimum absolute atomic E-state index is 0.570. The third-order valence-electron chi connectivity index (χ3n) is 2.26. The first-order valence-corrected chi connectivity index (χ1v) is 5.06. The van der Waals surface area contributed by atoms with Gasteiger partial charge in [0.2, 0.25) is 0 Å². The number of terminal acetylenes is 1. The molecule has 0 aliphatic carbocycles. The lowest BCUT2D eigenvalue weighted by Crippen LogP contribution is -2.32. The molecule has 1 N–H and O–H groups in total. The van der Waals surface area contributed by atoms with E-state index in [-0.39, 0.29) is 0 Å². The van der Waals surface area contributed by atoms with E-state index in [9.17, 15) is 0 Å². The zero-order valence-corrected chi connectivity index (χ0v) is 9.14. The summed E-state index contributed by atoms with van der Waals surface area (Å²) in [4.78, 5) is 2.20. The van der Waals surface area contributed by atoms with Crippen LogP contribution in [0.15, 0.2) is 0 Å². The van der Waals surface area contributed by atoms with Crippen LogP contribution in [0.3, 0.4) is 0 Å². The van der Waals surface area contributed by atoms with E-state index in [2.05, 4.69) is 37.0 Å². The molecule has 0 amide bonds. The Morgan fingerprint density at radius 3 is 2.69 bits per heavy atom. The van der Waals surface area contributed by atoms with Gasteiger partial charge in [-0.05, 0) is 39.9 Å². The van der Waals surface area contributed by atoms with Crippen molar-refractivity contribution >= 4 is 0 Å². The fourth-order valence-electron chi connectivity index (χ4n) is 1.13. The zero-order valence-electron chi connectivity index (χ0n) is 9.14. The second kappa shape index (κ2) is 8.10. The van der Waals surface area contributed by atoms with E-state index in [0.29, 0.717) is 6.04 Å². The second-order valence-corrected chi connectivity index (χ2v) is 3.51. The van der Waals surface area contributed by atoms with Gasteiger partial charge in [0, 0.05) is 6.04 Å². The minimum Gasteiger partial charge on any atom is -0.317 e. The molecule has 0 bridgehead atoms. The third-order valence-corrected chi connectivity index (χ3v) is 2.26. The Bertz CT molecular complexity index is 149. The van der Waals surface area contributed by atoms with E-state index in [0.717, 1.165) is 26.1 Å². The Balaban J connectivity index is 3.39. The van der Waals surface area contributed by atoms with Crippen LogP contribution in [-0.4, -0.2) is 37.6 Å². The van der Waals surface area contributed by atoms with E-state index in [1.54, 1.807) is 0 Å². The summed E-state index contributed by atoms with van der Waals surface area (Å²) >= 11 is 0.